The highest BCUT2D eigenvalue weighted by Crippen LogP contribution is 2.31. The minimum Gasteiger partial charge on any atom is -0.493 e. The first-order valence-corrected chi connectivity index (χ1v) is 8.29. The molecule has 2 N–H and O–H groups in total. The Balaban J connectivity index is 1.72. The van der Waals surface area contributed by atoms with E-state index in [0.717, 1.165) is 16.7 Å². The van der Waals surface area contributed by atoms with E-state index in [-0.39, 0.29) is 5.91 Å². The number of hydrogen-bond donors (Lipinski definition) is 2. The molecule has 0 aliphatic heterocycles. The van der Waals surface area contributed by atoms with E-state index >= 15 is 0 Å². The minimum atomic E-state index is -0.376. The molecule has 3 rings (SSSR count). The van der Waals surface area contributed by atoms with Crippen LogP contribution in [-0.4, -0.2) is 36.5 Å². The molecule has 0 saturated heterocycles. The highest BCUT2D eigenvalue weighted by atomic mass is 16.5. The number of nitrogens with one attached hydrogen (secondary N) is 2. The molecule has 3 aromatic rings. The van der Waals surface area contributed by atoms with Crippen LogP contribution >= 0.6 is 0 Å². The lowest BCUT2D eigenvalue weighted by Gasteiger charge is -2.08. The van der Waals surface area contributed by atoms with Crippen molar-refractivity contribution in [3.63, 3.8) is 0 Å². The molecule has 7 nitrogen and oxygen atoms in total. The van der Waals surface area contributed by atoms with Crippen LogP contribution in [0.1, 0.15) is 21.6 Å². The zero-order valence-electron chi connectivity index (χ0n) is 15.3. The predicted molar refractivity (Wildman–Crippen MR) is 103 cm³/mol. The molecule has 2 aromatic carbocycles. The number of H-pyrrole nitrogens is 1. The molecule has 1 amide bonds. The Morgan fingerprint density at radius 3 is 2.63 bits per heavy atom. The largest absolute Gasteiger partial charge is 0.493 e. The maximum absolute atomic E-state index is 12.2. The van der Waals surface area contributed by atoms with Crippen LogP contribution in [0.2, 0.25) is 0 Å². The molecule has 27 heavy (non-hydrogen) atoms. The lowest BCUT2D eigenvalue weighted by molar-refractivity contribution is 0.0950. The third kappa shape index (κ3) is 4.14. The van der Waals surface area contributed by atoms with Gasteiger partial charge in [-0.3, -0.25) is 9.89 Å². The molecule has 1 heterocycles. The first kappa shape index (κ1) is 18.2. The van der Waals surface area contributed by atoms with Gasteiger partial charge in [0.2, 0.25) is 0 Å². The van der Waals surface area contributed by atoms with E-state index < -0.39 is 0 Å². The van der Waals surface area contributed by atoms with Gasteiger partial charge in [-0.1, -0.05) is 24.3 Å². The van der Waals surface area contributed by atoms with Gasteiger partial charge < -0.3 is 9.47 Å². The van der Waals surface area contributed by atoms with Gasteiger partial charge >= 0.3 is 0 Å². The highest BCUT2D eigenvalue weighted by Gasteiger charge is 2.12. The minimum absolute atomic E-state index is 0.307. The third-order valence-corrected chi connectivity index (χ3v) is 4.06. The second-order valence-electron chi connectivity index (χ2n) is 5.79. The van der Waals surface area contributed by atoms with E-state index in [1.807, 2.05) is 37.3 Å². The number of amides is 1. The summed E-state index contributed by atoms with van der Waals surface area (Å²) in [5.41, 5.74) is 6.23. The number of aromatic nitrogens is 2. The maximum Gasteiger partial charge on any atom is 0.289 e. The van der Waals surface area contributed by atoms with E-state index in [1.165, 1.54) is 0 Å². The number of rotatable bonds is 6. The quantitative estimate of drug-likeness (QED) is 0.519. The number of hydrogen-bond acceptors (Lipinski definition) is 5. The summed E-state index contributed by atoms with van der Waals surface area (Å²) in [6.45, 7) is 1.98. The molecule has 0 aliphatic rings. The van der Waals surface area contributed by atoms with E-state index in [2.05, 4.69) is 20.7 Å². The molecule has 0 unspecified atom stereocenters. The number of carbonyl (C=O) groups excluding carboxylic acids is 1. The van der Waals surface area contributed by atoms with Crippen molar-refractivity contribution in [3.05, 3.63) is 65.4 Å². The molecular weight excluding hydrogens is 344 g/mol. The smallest absolute Gasteiger partial charge is 0.289 e. The molecule has 0 atom stereocenters. The lowest BCUT2D eigenvalue weighted by atomic mass is 10.1. The van der Waals surface area contributed by atoms with Crippen molar-refractivity contribution in [1.29, 1.82) is 0 Å². The SMILES string of the molecule is COc1ccc(-c2cc(C(=O)N/N=C\c3ccccc3C)[nH]n2)cc1OC. The number of aryl methyl sites for hydroxylation is 1. The summed E-state index contributed by atoms with van der Waals surface area (Å²) in [4.78, 5) is 12.2. The fourth-order valence-corrected chi connectivity index (χ4v) is 2.53. The first-order valence-electron chi connectivity index (χ1n) is 8.29. The standard InChI is InChI=1S/C20H20N4O3/c1-13-6-4-5-7-15(13)12-21-24-20(25)17-11-16(22-23-17)14-8-9-18(26-2)19(10-14)27-3/h4-12H,1-3H3,(H,22,23)(H,24,25)/b21-12-. The first-order chi connectivity index (χ1) is 13.1. The zero-order valence-corrected chi connectivity index (χ0v) is 15.3. The number of methoxy groups -OCH3 is 2. The molecule has 0 radical (unpaired) electrons. The van der Waals surface area contributed by atoms with Crippen LogP contribution in [0.3, 0.4) is 0 Å². The van der Waals surface area contributed by atoms with E-state index in [0.29, 0.717) is 22.9 Å². The molecule has 7 heteroatoms. The van der Waals surface area contributed by atoms with Crippen LogP contribution < -0.4 is 14.9 Å². The Hall–Kier alpha value is -3.61. The number of aromatic amines is 1. The Kier molecular flexibility index (Phi) is 5.51. The molecule has 0 aliphatic carbocycles. The molecule has 0 fully saturated rings. The summed E-state index contributed by atoms with van der Waals surface area (Å²) >= 11 is 0. The van der Waals surface area contributed by atoms with Crippen LogP contribution in [-0.2, 0) is 0 Å². The molecular formula is C20H20N4O3. The van der Waals surface area contributed by atoms with Crippen LogP contribution in [0.4, 0.5) is 0 Å². The Morgan fingerprint density at radius 2 is 1.89 bits per heavy atom. The third-order valence-electron chi connectivity index (χ3n) is 4.06. The number of hydrazone groups is 1. The average Bonchev–Trinajstić information content (AvgIpc) is 3.19. The van der Waals surface area contributed by atoms with Crippen molar-refractivity contribution in [2.24, 2.45) is 5.10 Å². The molecule has 0 saturated carbocycles. The van der Waals surface area contributed by atoms with Crippen molar-refractivity contribution in [3.8, 4) is 22.8 Å². The normalized spacial score (nSPS) is 10.8. The summed E-state index contributed by atoms with van der Waals surface area (Å²) in [6.07, 6.45) is 1.61. The van der Waals surface area contributed by atoms with Gasteiger partial charge in [-0.2, -0.15) is 10.2 Å². The zero-order chi connectivity index (χ0) is 19.2. The maximum atomic E-state index is 12.2. The van der Waals surface area contributed by atoms with E-state index in [4.69, 9.17) is 9.47 Å². The van der Waals surface area contributed by atoms with Gasteiger partial charge in [0.05, 0.1) is 26.1 Å². The summed E-state index contributed by atoms with van der Waals surface area (Å²) in [6, 6.07) is 14.9. The van der Waals surface area contributed by atoms with Gasteiger partial charge in [-0.25, -0.2) is 5.43 Å². The summed E-state index contributed by atoms with van der Waals surface area (Å²) in [5.74, 6) is 0.839. The van der Waals surface area contributed by atoms with Gasteiger partial charge in [-0.05, 0) is 42.3 Å². The fourth-order valence-electron chi connectivity index (χ4n) is 2.53. The monoisotopic (exact) mass is 364 g/mol. The van der Waals surface area contributed by atoms with Crippen LogP contribution in [0.15, 0.2) is 53.6 Å². The van der Waals surface area contributed by atoms with Crippen LogP contribution in [0.25, 0.3) is 11.3 Å². The number of benzene rings is 2. The topological polar surface area (TPSA) is 88.6 Å². The summed E-state index contributed by atoms with van der Waals surface area (Å²) < 4.78 is 10.5. The van der Waals surface area contributed by atoms with E-state index in [1.54, 1.807) is 38.6 Å². The number of carbonyl (C=O) groups is 1. The molecule has 0 spiro atoms. The van der Waals surface area contributed by atoms with Crippen LogP contribution in [0, 0.1) is 6.92 Å². The predicted octanol–water partition coefficient (Wildman–Crippen LogP) is 3.17. The van der Waals surface area contributed by atoms with Gasteiger partial charge in [-0.15, -0.1) is 0 Å². The Labute approximate surface area is 157 Å². The fraction of sp³-hybridized carbons (Fsp3) is 0.150. The number of nitrogens with zero attached hydrogens (tertiary/aromatic N) is 2. The average molecular weight is 364 g/mol. The highest BCUT2D eigenvalue weighted by molar-refractivity contribution is 5.94. The Morgan fingerprint density at radius 1 is 1.11 bits per heavy atom. The van der Waals surface area contributed by atoms with Gasteiger partial charge in [0, 0.05) is 5.56 Å². The van der Waals surface area contributed by atoms with E-state index in [9.17, 15) is 4.79 Å². The molecule has 0 bridgehead atoms. The van der Waals surface area contributed by atoms with Gasteiger partial charge in [0.1, 0.15) is 5.69 Å². The van der Waals surface area contributed by atoms with Crippen molar-refractivity contribution in [2.45, 2.75) is 6.92 Å². The second kappa shape index (κ2) is 8.18. The number of ether oxygens (including phenoxy) is 2. The van der Waals surface area contributed by atoms with Crippen molar-refractivity contribution < 1.29 is 14.3 Å². The summed E-state index contributed by atoms with van der Waals surface area (Å²) in [7, 11) is 3.14. The second-order valence-corrected chi connectivity index (χ2v) is 5.79. The molecule has 138 valence electrons. The summed E-state index contributed by atoms with van der Waals surface area (Å²) in [5, 5.41) is 10.9. The van der Waals surface area contributed by atoms with Crippen molar-refractivity contribution in [1.82, 2.24) is 15.6 Å². The molecule has 1 aromatic heterocycles. The van der Waals surface area contributed by atoms with Crippen molar-refractivity contribution in [2.75, 3.05) is 14.2 Å². The van der Waals surface area contributed by atoms with Gasteiger partial charge in [0.15, 0.2) is 11.5 Å². The van der Waals surface area contributed by atoms with Crippen LogP contribution in [0.5, 0.6) is 11.5 Å². The lowest BCUT2D eigenvalue weighted by Crippen LogP contribution is -2.18. The van der Waals surface area contributed by atoms with Gasteiger partial charge in [0.25, 0.3) is 5.91 Å². The Bertz CT molecular complexity index is 979. The van der Waals surface area contributed by atoms with Crippen molar-refractivity contribution >= 4 is 12.1 Å².